The molecule has 0 aliphatic carbocycles. The first-order valence-corrected chi connectivity index (χ1v) is 6.93. The maximum atomic E-state index is 5.63. The number of nitrogens with zero attached hydrogens (tertiary/aromatic N) is 1. The highest BCUT2D eigenvalue weighted by Crippen LogP contribution is 2.29. The van der Waals surface area contributed by atoms with Gasteiger partial charge in [0.1, 0.15) is 0 Å². The van der Waals surface area contributed by atoms with Gasteiger partial charge in [0.2, 0.25) is 0 Å². The van der Waals surface area contributed by atoms with Crippen molar-refractivity contribution in [3.05, 3.63) is 0 Å². The molecule has 0 saturated carbocycles. The van der Waals surface area contributed by atoms with Gasteiger partial charge >= 0.3 is 0 Å². The highest BCUT2D eigenvalue weighted by molar-refractivity contribution is 4.88. The second-order valence-electron chi connectivity index (χ2n) is 6.43. The van der Waals surface area contributed by atoms with Crippen molar-refractivity contribution in [2.75, 3.05) is 39.9 Å². The van der Waals surface area contributed by atoms with Crippen molar-refractivity contribution in [1.82, 2.24) is 10.2 Å². The molecule has 0 aromatic heterocycles. The largest absolute Gasteiger partial charge is 0.381 e. The quantitative estimate of drug-likeness (QED) is 0.739. The van der Waals surface area contributed by atoms with E-state index in [4.69, 9.17) is 4.74 Å². The molecular weight excluding hydrogens is 212 g/mol. The fourth-order valence-corrected chi connectivity index (χ4v) is 2.65. The van der Waals surface area contributed by atoms with E-state index in [-0.39, 0.29) is 0 Å². The third-order valence-corrected chi connectivity index (χ3v) is 3.35. The fourth-order valence-electron chi connectivity index (χ4n) is 2.65. The van der Waals surface area contributed by atoms with Crippen LogP contribution in [-0.2, 0) is 4.74 Å². The molecule has 1 unspecified atom stereocenters. The van der Waals surface area contributed by atoms with Gasteiger partial charge in [0.25, 0.3) is 0 Å². The minimum atomic E-state index is 0.327. The Balaban J connectivity index is 2.46. The summed E-state index contributed by atoms with van der Waals surface area (Å²) in [5.74, 6) is 0.734. The Hall–Kier alpha value is -0.120. The van der Waals surface area contributed by atoms with E-state index in [1.807, 2.05) is 0 Å². The summed E-state index contributed by atoms with van der Waals surface area (Å²) < 4.78 is 5.63. The first-order chi connectivity index (χ1) is 7.93. The molecule has 0 aromatic rings. The average Bonchev–Trinajstić information content (AvgIpc) is 2.62. The van der Waals surface area contributed by atoms with Crippen LogP contribution in [-0.4, -0.2) is 50.8 Å². The molecule has 0 spiro atoms. The average molecular weight is 242 g/mol. The summed E-state index contributed by atoms with van der Waals surface area (Å²) in [4.78, 5) is 2.46. The van der Waals surface area contributed by atoms with Gasteiger partial charge in [0, 0.05) is 37.7 Å². The minimum absolute atomic E-state index is 0.327. The van der Waals surface area contributed by atoms with Crippen molar-refractivity contribution < 1.29 is 4.74 Å². The molecule has 102 valence electrons. The Labute approximate surface area is 107 Å². The zero-order chi connectivity index (χ0) is 12.9. The van der Waals surface area contributed by atoms with Gasteiger partial charge in [-0.05, 0) is 19.4 Å². The predicted molar refractivity (Wildman–Crippen MR) is 73.3 cm³/mol. The van der Waals surface area contributed by atoms with Crippen molar-refractivity contribution in [2.45, 2.75) is 40.2 Å². The van der Waals surface area contributed by atoms with E-state index >= 15 is 0 Å². The predicted octanol–water partition coefficient (Wildman–Crippen LogP) is 1.98. The summed E-state index contributed by atoms with van der Waals surface area (Å²) in [6.07, 6.45) is 1.19. The molecule has 0 radical (unpaired) electrons. The molecule has 1 aliphatic heterocycles. The van der Waals surface area contributed by atoms with Crippen molar-refractivity contribution >= 4 is 0 Å². The van der Waals surface area contributed by atoms with E-state index in [0.29, 0.717) is 11.5 Å². The Morgan fingerprint density at radius 2 is 2.00 bits per heavy atom. The summed E-state index contributed by atoms with van der Waals surface area (Å²) >= 11 is 0. The van der Waals surface area contributed by atoms with Crippen LogP contribution in [0.5, 0.6) is 0 Å². The lowest BCUT2D eigenvalue weighted by molar-refractivity contribution is 0.113. The normalized spacial score (nSPS) is 25.4. The Morgan fingerprint density at radius 3 is 2.47 bits per heavy atom. The van der Waals surface area contributed by atoms with Gasteiger partial charge in [0.15, 0.2) is 0 Å². The van der Waals surface area contributed by atoms with Gasteiger partial charge in [-0.2, -0.15) is 0 Å². The SMILES string of the molecule is CC(C)CN(C)CC1(CNC(C)C)CCOC1. The van der Waals surface area contributed by atoms with Gasteiger partial charge in [0.05, 0.1) is 6.61 Å². The lowest BCUT2D eigenvalue weighted by Crippen LogP contribution is -2.45. The third kappa shape index (κ3) is 5.36. The Bertz CT molecular complexity index is 210. The first kappa shape index (κ1) is 14.9. The van der Waals surface area contributed by atoms with Crippen molar-refractivity contribution in [2.24, 2.45) is 11.3 Å². The van der Waals surface area contributed by atoms with Crippen LogP contribution in [0.4, 0.5) is 0 Å². The van der Waals surface area contributed by atoms with Crippen LogP contribution in [0.3, 0.4) is 0 Å². The molecule has 1 rings (SSSR count). The molecule has 1 fully saturated rings. The maximum absolute atomic E-state index is 5.63. The van der Waals surface area contributed by atoms with E-state index < -0.39 is 0 Å². The summed E-state index contributed by atoms with van der Waals surface area (Å²) in [6.45, 7) is 14.2. The summed E-state index contributed by atoms with van der Waals surface area (Å²) in [5, 5.41) is 3.58. The van der Waals surface area contributed by atoms with E-state index in [0.717, 1.165) is 32.2 Å². The van der Waals surface area contributed by atoms with Crippen LogP contribution in [0.15, 0.2) is 0 Å². The first-order valence-electron chi connectivity index (χ1n) is 6.93. The highest BCUT2D eigenvalue weighted by Gasteiger charge is 2.35. The second-order valence-corrected chi connectivity index (χ2v) is 6.43. The van der Waals surface area contributed by atoms with E-state index in [1.165, 1.54) is 13.0 Å². The molecule has 1 aliphatic rings. The minimum Gasteiger partial charge on any atom is -0.381 e. The van der Waals surface area contributed by atoms with Crippen molar-refractivity contribution in [1.29, 1.82) is 0 Å². The molecule has 1 atom stereocenters. The molecule has 0 bridgehead atoms. The van der Waals surface area contributed by atoms with E-state index in [1.54, 1.807) is 0 Å². The van der Waals surface area contributed by atoms with Gasteiger partial charge in [-0.15, -0.1) is 0 Å². The number of hydrogen-bond donors (Lipinski definition) is 1. The maximum Gasteiger partial charge on any atom is 0.0547 e. The summed E-state index contributed by atoms with van der Waals surface area (Å²) in [6, 6.07) is 0.558. The van der Waals surface area contributed by atoms with Gasteiger partial charge in [-0.1, -0.05) is 27.7 Å². The lowest BCUT2D eigenvalue weighted by atomic mass is 9.86. The van der Waals surface area contributed by atoms with Gasteiger partial charge in [-0.25, -0.2) is 0 Å². The molecule has 17 heavy (non-hydrogen) atoms. The molecule has 3 heteroatoms. The monoisotopic (exact) mass is 242 g/mol. The molecule has 0 amide bonds. The van der Waals surface area contributed by atoms with Crippen LogP contribution >= 0.6 is 0 Å². The highest BCUT2D eigenvalue weighted by atomic mass is 16.5. The molecule has 1 N–H and O–H groups in total. The number of rotatable bonds is 7. The topological polar surface area (TPSA) is 24.5 Å². The van der Waals surface area contributed by atoms with Gasteiger partial charge in [-0.3, -0.25) is 0 Å². The number of hydrogen-bond acceptors (Lipinski definition) is 3. The Kier molecular flexibility index (Phi) is 5.90. The summed E-state index contributed by atoms with van der Waals surface area (Å²) in [7, 11) is 2.23. The lowest BCUT2D eigenvalue weighted by Gasteiger charge is -2.34. The zero-order valence-corrected chi connectivity index (χ0v) is 12.3. The number of ether oxygens (including phenoxy) is 1. The number of nitrogens with one attached hydrogen (secondary N) is 1. The van der Waals surface area contributed by atoms with Crippen molar-refractivity contribution in [3.8, 4) is 0 Å². The molecule has 1 saturated heterocycles. The van der Waals surface area contributed by atoms with Gasteiger partial charge < -0.3 is 15.0 Å². The fraction of sp³-hybridized carbons (Fsp3) is 1.00. The molecular formula is C14H30N2O. The van der Waals surface area contributed by atoms with Crippen LogP contribution in [0, 0.1) is 11.3 Å². The van der Waals surface area contributed by atoms with Crippen LogP contribution < -0.4 is 5.32 Å². The Morgan fingerprint density at radius 1 is 1.29 bits per heavy atom. The van der Waals surface area contributed by atoms with Crippen LogP contribution in [0.1, 0.15) is 34.1 Å². The van der Waals surface area contributed by atoms with Crippen molar-refractivity contribution in [3.63, 3.8) is 0 Å². The zero-order valence-electron chi connectivity index (χ0n) is 12.3. The molecule has 1 heterocycles. The van der Waals surface area contributed by atoms with E-state index in [2.05, 4.69) is 45.0 Å². The van der Waals surface area contributed by atoms with E-state index in [9.17, 15) is 0 Å². The summed E-state index contributed by atoms with van der Waals surface area (Å²) in [5.41, 5.74) is 0.327. The smallest absolute Gasteiger partial charge is 0.0547 e. The van der Waals surface area contributed by atoms with Crippen LogP contribution in [0.2, 0.25) is 0 Å². The standard InChI is InChI=1S/C14H30N2O/c1-12(2)8-16(5)10-14(6-7-17-11-14)9-15-13(3)4/h12-13,15H,6-11H2,1-5H3. The molecule has 0 aromatic carbocycles. The molecule has 3 nitrogen and oxygen atoms in total. The van der Waals surface area contributed by atoms with Crippen LogP contribution in [0.25, 0.3) is 0 Å². The third-order valence-electron chi connectivity index (χ3n) is 3.35. The second kappa shape index (κ2) is 6.72.